The number of carbonyl (C=O) groups excluding carboxylic acids is 1. The van der Waals surface area contributed by atoms with E-state index in [1.165, 1.54) is 25.3 Å². The summed E-state index contributed by atoms with van der Waals surface area (Å²) >= 11 is 0. The van der Waals surface area contributed by atoms with E-state index >= 15 is 0 Å². The smallest absolute Gasteiger partial charge is 0.332 e. The van der Waals surface area contributed by atoms with Crippen LogP contribution in [0.2, 0.25) is 0 Å². The first-order valence-corrected chi connectivity index (χ1v) is 8.29. The highest BCUT2D eigenvalue weighted by atomic mass is 32.2. The number of ether oxygens (including phenoxy) is 1. The Labute approximate surface area is 135 Å². The van der Waals surface area contributed by atoms with Crippen molar-refractivity contribution in [2.75, 3.05) is 7.11 Å². The van der Waals surface area contributed by atoms with Crippen LogP contribution in [-0.2, 0) is 26.1 Å². The lowest BCUT2D eigenvalue weighted by atomic mass is 10.1. The molecule has 0 unspecified atom stereocenters. The molecule has 0 N–H and O–H groups in total. The zero-order valence-corrected chi connectivity index (χ0v) is 13.3. The molecule has 0 radical (unpaired) electrons. The first kappa shape index (κ1) is 16.8. The van der Waals surface area contributed by atoms with Crippen molar-refractivity contribution in [2.45, 2.75) is 6.42 Å². The van der Waals surface area contributed by atoms with Crippen LogP contribution in [0.4, 0.5) is 0 Å². The number of methoxy groups -OCH3 is 1. The predicted molar refractivity (Wildman–Crippen MR) is 87.2 cm³/mol. The van der Waals surface area contributed by atoms with E-state index in [0.29, 0.717) is 5.56 Å². The maximum Gasteiger partial charge on any atom is 0.332 e. The van der Waals surface area contributed by atoms with Gasteiger partial charge in [0.2, 0.25) is 0 Å². The molecule has 0 spiro atoms. The molecule has 23 heavy (non-hydrogen) atoms. The average molecular weight is 332 g/mol. The highest BCUT2D eigenvalue weighted by Gasteiger charge is 2.09. The zero-order chi connectivity index (χ0) is 16.7. The maximum absolute atomic E-state index is 11.9. The normalized spacial score (nSPS) is 11.3. The number of benzene rings is 2. The summed E-state index contributed by atoms with van der Waals surface area (Å²) in [5.41, 5.74) is 1.47. The minimum absolute atomic E-state index is 0.122. The number of hydrogen-bond donors (Lipinski definition) is 0. The lowest BCUT2D eigenvalue weighted by Gasteiger charge is -2.05. The second kappa shape index (κ2) is 7.60. The Balaban J connectivity index is 2.03. The Morgan fingerprint density at radius 3 is 2.30 bits per heavy atom. The Morgan fingerprint density at radius 1 is 1.04 bits per heavy atom. The van der Waals surface area contributed by atoms with Gasteiger partial charge in [-0.25, -0.2) is 0 Å². The largest absolute Gasteiger partial charge is 0.469 e. The van der Waals surface area contributed by atoms with Crippen molar-refractivity contribution in [2.24, 2.45) is 0 Å². The lowest BCUT2D eigenvalue weighted by Crippen LogP contribution is -2.06. The van der Waals surface area contributed by atoms with Crippen molar-refractivity contribution in [1.29, 1.82) is 0 Å². The van der Waals surface area contributed by atoms with Gasteiger partial charge in [0.05, 0.1) is 18.9 Å². The van der Waals surface area contributed by atoms with Crippen molar-refractivity contribution in [3.63, 3.8) is 0 Å². The van der Waals surface area contributed by atoms with Crippen LogP contribution in [0.15, 0.2) is 60.0 Å². The van der Waals surface area contributed by atoms with Crippen molar-refractivity contribution in [3.8, 4) is 5.75 Å². The minimum atomic E-state index is -3.85. The second-order valence-electron chi connectivity index (χ2n) is 4.69. The van der Waals surface area contributed by atoms with Crippen molar-refractivity contribution >= 4 is 22.2 Å². The van der Waals surface area contributed by atoms with E-state index in [1.54, 1.807) is 24.3 Å². The number of esters is 1. The first-order valence-electron chi connectivity index (χ1n) is 6.82. The molecule has 2 aromatic carbocycles. The number of carbonyl (C=O) groups is 1. The summed E-state index contributed by atoms with van der Waals surface area (Å²) in [6.45, 7) is 0. The standard InChI is InChI=1S/C17H16O5S/c1-21-17(18)13-15-7-9-16(10-8-15)22-23(19,20)12-11-14-5-3-2-4-6-14/h2-12H,13H2,1H3/b12-11+. The Morgan fingerprint density at radius 2 is 1.70 bits per heavy atom. The summed E-state index contributed by atoms with van der Waals surface area (Å²) in [7, 11) is -2.53. The molecule has 0 aromatic heterocycles. The molecule has 0 aliphatic carbocycles. The van der Waals surface area contributed by atoms with E-state index < -0.39 is 10.1 Å². The Bertz CT molecular complexity index is 777. The van der Waals surface area contributed by atoms with Crippen LogP contribution in [0.1, 0.15) is 11.1 Å². The Hall–Kier alpha value is -2.60. The minimum Gasteiger partial charge on any atom is -0.469 e. The fraction of sp³-hybridized carbons (Fsp3) is 0.118. The average Bonchev–Trinajstić information content (AvgIpc) is 2.55. The molecule has 0 aliphatic heterocycles. The number of hydrogen-bond acceptors (Lipinski definition) is 5. The van der Waals surface area contributed by atoms with Gasteiger partial charge in [-0.1, -0.05) is 42.5 Å². The van der Waals surface area contributed by atoms with Crippen LogP contribution in [0, 0.1) is 0 Å². The predicted octanol–water partition coefficient (Wildman–Crippen LogP) is 2.78. The maximum atomic E-state index is 11.9. The molecule has 2 rings (SSSR count). The van der Waals surface area contributed by atoms with Crippen LogP contribution in [0.3, 0.4) is 0 Å². The van der Waals surface area contributed by atoms with Gasteiger partial charge in [-0.15, -0.1) is 0 Å². The third-order valence-corrected chi connectivity index (χ3v) is 3.83. The second-order valence-corrected chi connectivity index (χ2v) is 6.11. The van der Waals surface area contributed by atoms with Gasteiger partial charge in [-0.05, 0) is 29.3 Å². The van der Waals surface area contributed by atoms with Crippen LogP contribution in [0.25, 0.3) is 6.08 Å². The SMILES string of the molecule is COC(=O)Cc1ccc(OS(=O)(=O)/C=C/c2ccccc2)cc1. The molecule has 0 heterocycles. The molecule has 6 heteroatoms. The van der Waals surface area contributed by atoms with Crippen LogP contribution < -0.4 is 4.18 Å². The van der Waals surface area contributed by atoms with E-state index in [0.717, 1.165) is 11.0 Å². The van der Waals surface area contributed by atoms with Gasteiger partial charge in [0.25, 0.3) is 0 Å². The highest BCUT2D eigenvalue weighted by Crippen LogP contribution is 2.16. The molecule has 0 atom stereocenters. The summed E-state index contributed by atoms with van der Waals surface area (Å²) in [6.07, 6.45) is 1.58. The van der Waals surface area contributed by atoms with Crippen LogP contribution in [0.5, 0.6) is 5.75 Å². The molecule has 0 amide bonds. The van der Waals surface area contributed by atoms with Gasteiger partial charge < -0.3 is 8.92 Å². The van der Waals surface area contributed by atoms with Crippen molar-refractivity contribution in [3.05, 3.63) is 71.1 Å². The van der Waals surface area contributed by atoms with Gasteiger partial charge in [0, 0.05) is 0 Å². The fourth-order valence-electron chi connectivity index (χ4n) is 1.79. The van der Waals surface area contributed by atoms with Gasteiger partial charge in [0.1, 0.15) is 5.75 Å². The van der Waals surface area contributed by atoms with Gasteiger partial charge >= 0.3 is 16.1 Å². The van der Waals surface area contributed by atoms with Gasteiger partial charge in [0.15, 0.2) is 0 Å². The molecular weight excluding hydrogens is 316 g/mol. The van der Waals surface area contributed by atoms with Crippen LogP contribution in [-0.4, -0.2) is 21.5 Å². The van der Waals surface area contributed by atoms with Gasteiger partial charge in [-0.3, -0.25) is 4.79 Å². The van der Waals surface area contributed by atoms with E-state index in [9.17, 15) is 13.2 Å². The molecule has 0 bridgehead atoms. The molecule has 120 valence electrons. The summed E-state index contributed by atoms with van der Waals surface area (Å²) in [6, 6.07) is 15.3. The molecular formula is C17H16O5S. The first-order chi connectivity index (χ1) is 11.0. The van der Waals surface area contributed by atoms with Crippen molar-refractivity contribution < 1.29 is 22.1 Å². The molecule has 0 aliphatic rings. The quantitative estimate of drug-likeness (QED) is 0.601. The molecule has 0 fully saturated rings. The van der Waals surface area contributed by atoms with Crippen LogP contribution >= 0.6 is 0 Å². The summed E-state index contributed by atoms with van der Waals surface area (Å²) in [5, 5.41) is 1.00. The summed E-state index contributed by atoms with van der Waals surface area (Å²) in [4.78, 5) is 11.2. The summed E-state index contributed by atoms with van der Waals surface area (Å²) < 4.78 is 33.3. The molecule has 5 nitrogen and oxygen atoms in total. The molecule has 0 saturated carbocycles. The Kier molecular flexibility index (Phi) is 5.54. The molecule has 0 saturated heterocycles. The van der Waals surface area contributed by atoms with Crippen molar-refractivity contribution in [1.82, 2.24) is 0 Å². The monoisotopic (exact) mass is 332 g/mol. The van der Waals surface area contributed by atoms with E-state index in [4.69, 9.17) is 4.18 Å². The zero-order valence-electron chi connectivity index (χ0n) is 12.5. The van der Waals surface area contributed by atoms with Gasteiger partial charge in [-0.2, -0.15) is 8.42 Å². The third-order valence-electron chi connectivity index (χ3n) is 2.94. The summed E-state index contributed by atoms with van der Waals surface area (Å²) in [5.74, 6) is -0.187. The topological polar surface area (TPSA) is 69.7 Å². The van der Waals surface area contributed by atoms with E-state index in [-0.39, 0.29) is 18.1 Å². The third kappa shape index (κ3) is 5.60. The fourth-order valence-corrected chi connectivity index (χ4v) is 2.55. The van der Waals surface area contributed by atoms with E-state index in [1.807, 2.05) is 18.2 Å². The molecule has 2 aromatic rings. The lowest BCUT2D eigenvalue weighted by molar-refractivity contribution is -0.139. The number of rotatable bonds is 6. The highest BCUT2D eigenvalue weighted by molar-refractivity contribution is 7.90. The van der Waals surface area contributed by atoms with E-state index in [2.05, 4.69) is 4.74 Å².